The van der Waals surface area contributed by atoms with Crippen molar-refractivity contribution in [3.05, 3.63) is 74.9 Å². The molecule has 1 amide bonds. The van der Waals surface area contributed by atoms with Crippen LogP contribution in [0.2, 0.25) is 0 Å². The first kappa shape index (κ1) is 19.6. The summed E-state index contributed by atoms with van der Waals surface area (Å²) in [6.45, 7) is 3.63. The van der Waals surface area contributed by atoms with Gasteiger partial charge in [-0.3, -0.25) is 19.3 Å². The van der Waals surface area contributed by atoms with Crippen molar-refractivity contribution in [1.29, 1.82) is 0 Å². The molecule has 0 aliphatic rings. The van der Waals surface area contributed by atoms with Crippen molar-refractivity contribution in [3.63, 3.8) is 0 Å². The first-order valence-electron chi connectivity index (χ1n) is 9.06. The van der Waals surface area contributed by atoms with E-state index in [2.05, 4.69) is 10.3 Å². The fourth-order valence-electron chi connectivity index (χ4n) is 3.10. The summed E-state index contributed by atoms with van der Waals surface area (Å²) >= 11 is 1.27. The molecule has 2 aromatic heterocycles. The lowest BCUT2D eigenvalue weighted by Gasteiger charge is -2.07. The van der Waals surface area contributed by atoms with Crippen molar-refractivity contribution in [2.45, 2.75) is 13.8 Å². The number of aryl methyl sites for hydroxylation is 2. The van der Waals surface area contributed by atoms with E-state index >= 15 is 0 Å². The first-order chi connectivity index (χ1) is 14.4. The predicted molar refractivity (Wildman–Crippen MR) is 116 cm³/mol. The normalized spacial score (nSPS) is 10.9. The number of nitrogens with one attached hydrogen (secondary N) is 1. The Bertz CT molecular complexity index is 1270. The number of hydrogen-bond donors (Lipinski definition) is 1. The minimum absolute atomic E-state index is 0.0715. The Morgan fingerprint density at radius 2 is 1.93 bits per heavy atom. The van der Waals surface area contributed by atoms with Gasteiger partial charge in [-0.1, -0.05) is 17.4 Å². The van der Waals surface area contributed by atoms with Gasteiger partial charge >= 0.3 is 0 Å². The van der Waals surface area contributed by atoms with Crippen molar-refractivity contribution in [2.75, 3.05) is 12.4 Å². The smallest absolute Gasteiger partial charge is 0.271 e. The molecule has 0 aliphatic carbocycles. The summed E-state index contributed by atoms with van der Waals surface area (Å²) in [7, 11) is 1.62. The predicted octanol–water partition coefficient (Wildman–Crippen LogP) is 4.85. The van der Waals surface area contributed by atoms with E-state index in [0.29, 0.717) is 15.5 Å². The molecule has 8 nitrogen and oxygen atoms in total. The highest BCUT2D eigenvalue weighted by Crippen LogP contribution is 2.29. The monoisotopic (exact) mass is 422 g/mol. The minimum Gasteiger partial charge on any atom is -0.497 e. The molecule has 4 rings (SSSR count). The van der Waals surface area contributed by atoms with E-state index in [-0.39, 0.29) is 11.6 Å². The van der Waals surface area contributed by atoms with Gasteiger partial charge in [-0.05, 0) is 43.7 Å². The van der Waals surface area contributed by atoms with Crippen LogP contribution >= 0.6 is 11.3 Å². The standard InChI is InChI=1S/C21H18N4O4S/c1-12-4-7-15(25(27)28)10-17(12)22-20(26)19-13(2)24-11-18(23-21(24)30-19)14-5-8-16(29-3)9-6-14/h4-11H,1-3H3,(H,22,26). The van der Waals surface area contributed by atoms with Gasteiger partial charge < -0.3 is 10.1 Å². The number of anilines is 1. The molecule has 0 radical (unpaired) electrons. The lowest BCUT2D eigenvalue weighted by atomic mass is 10.1. The summed E-state index contributed by atoms with van der Waals surface area (Å²) in [5.41, 5.74) is 3.59. The fraction of sp³-hybridized carbons (Fsp3) is 0.143. The lowest BCUT2D eigenvalue weighted by Crippen LogP contribution is -2.13. The van der Waals surface area contributed by atoms with Crippen molar-refractivity contribution in [1.82, 2.24) is 9.38 Å². The largest absolute Gasteiger partial charge is 0.497 e. The number of carbonyl (C=O) groups is 1. The minimum atomic E-state index is -0.486. The molecular formula is C21H18N4O4S. The maximum absolute atomic E-state index is 12.8. The first-order valence-corrected chi connectivity index (χ1v) is 9.88. The number of non-ortho nitro benzene ring substituents is 1. The second-order valence-electron chi connectivity index (χ2n) is 6.73. The van der Waals surface area contributed by atoms with Gasteiger partial charge in [0.05, 0.1) is 23.4 Å². The molecule has 30 heavy (non-hydrogen) atoms. The van der Waals surface area contributed by atoms with Crippen molar-refractivity contribution >= 4 is 33.6 Å². The number of imidazole rings is 1. The Balaban J connectivity index is 1.63. The SMILES string of the molecule is COc1ccc(-c2cn3c(C)c(C(=O)Nc4cc([N+](=O)[O-])ccc4C)sc3n2)cc1. The summed E-state index contributed by atoms with van der Waals surface area (Å²) < 4.78 is 7.06. The zero-order chi connectivity index (χ0) is 21.4. The number of hydrogen-bond acceptors (Lipinski definition) is 6. The Hall–Kier alpha value is -3.72. The molecule has 0 bridgehead atoms. The second-order valence-corrected chi connectivity index (χ2v) is 7.71. The summed E-state index contributed by atoms with van der Waals surface area (Å²) in [5, 5.41) is 13.8. The van der Waals surface area contributed by atoms with Crippen LogP contribution in [0.15, 0.2) is 48.7 Å². The Kier molecular flexibility index (Phi) is 4.96. The summed E-state index contributed by atoms with van der Waals surface area (Å²) in [4.78, 5) is 29.2. The highest BCUT2D eigenvalue weighted by atomic mass is 32.1. The van der Waals surface area contributed by atoms with Gasteiger partial charge in [-0.15, -0.1) is 0 Å². The Morgan fingerprint density at radius 3 is 2.57 bits per heavy atom. The molecule has 0 saturated carbocycles. The Morgan fingerprint density at radius 1 is 1.20 bits per heavy atom. The van der Waals surface area contributed by atoms with Gasteiger partial charge in [-0.25, -0.2) is 4.98 Å². The maximum Gasteiger partial charge on any atom is 0.271 e. The molecule has 0 saturated heterocycles. The highest BCUT2D eigenvalue weighted by molar-refractivity contribution is 7.19. The van der Waals surface area contributed by atoms with E-state index in [0.717, 1.165) is 28.3 Å². The van der Waals surface area contributed by atoms with Crippen LogP contribution in [0.3, 0.4) is 0 Å². The number of amides is 1. The fourth-order valence-corrected chi connectivity index (χ4v) is 4.10. The van der Waals surface area contributed by atoms with E-state index in [9.17, 15) is 14.9 Å². The average Bonchev–Trinajstić information content (AvgIpc) is 3.29. The quantitative estimate of drug-likeness (QED) is 0.366. The van der Waals surface area contributed by atoms with Crippen LogP contribution in [0.25, 0.3) is 16.2 Å². The molecule has 0 unspecified atom stereocenters. The van der Waals surface area contributed by atoms with Crippen LogP contribution in [0.5, 0.6) is 5.75 Å². The molecule has 9 heteroatoms. The third kappa shape index (κ3) is 3.50. The number of methoxy groups -OCH3 is 1. The van der Waals surface area contributed by atoms with Crippen molar-refractivity contribution in [3.8, 4) is 17.0 Å². The van der Waals surface area contributed by atoms with E-state index in [1.54, 1.807) is 20.1 Å². The van der Waals surface area contributed by atoms with Gasteiger partial charge in [0.2, 0.25) is 0 Å². The number of ether oxygens (including phenoxy) is 1. The molecule has 2 aromatic carbocycles. The number of carbonyl (C=O) groups excluding carboxylic acids is 1. The van der Waals surface area contributed by atoms with E-state index < -0.39 is 4.92 Å². The number of benzene rings is 2. The Labute approximate surface area is 175 Å². The van der Waals surface area contributed by atoms with Crippen LogP contribution < -0.4 is 10.1 Å². The molecule has 0 atom stereocenters. The van der Waals surface area contributed by atoms with Crippen molar-refractivity contribution < 1.29 is 14.5 Å². The summed E-state index contributed by atoms with van der Waals surface area (Å²) in [6, 6.07) is 12.0. The maximum atomic E-state index is 12.8. The number of rotatable bonds is 5. The third-order valence-corrected chi connectivity index (χ3v) is 5.98. The molecule has 0 spiro atoms. The van der Waals surface area contributed by atoms with Crippen LogP contribution in [-0.4, -0.2) is 27.3 Å². The molecule has 1 N–H and O–H groups in total. The number of thiazole rings is 1. The van der Waals surface area contributed by atoms with Gasteiger partial charge in [0, 0.05) is 29.6 Å². The van der Waals surface area contributed by atoms with Crippen LogP contribution in [0.1, 0.15) is 20.9 Å². The van der Waals surface area contributed by atoms with Crippen molar-refractivity contribution in [2.24, 2.45) is 0 Å². The second kappa shape index (κ2) is 7.60. The molecule has 4 aromatic rings. The van der Waals surface area contributed by atoms with E-state index in [4.69, 9.17) is 4.74 Å². The summed E-state index contributed by atoms with van der Waals surface area (Å²) in [6.07, 6.45) is 1.89. The highest BCUT2D eigenvalue weighted by Gasteiger charge is 2.20. The zero-order valence-corrected chi connectivity index (χ0v) is 17.3. The van der Waals surface area contributed by atoms with E-state index in [1.165, 1.54) is 23.5 Å². The molecule has 2 heterocycles. The number of nitro groups is 1. The molecule has 0 aliphatic heterocycles. The number of aromatic nitrogens is 2. The van der Waals surface area contributed by atoms with E-state index in [1.807, 2.05) is 41.8 Å². The number of nitro benzene ring substituents is 1. The van der Waals surface area contributed by atoms with Crippen LogP contribution in [0, 0.1) is 24.0 Å². The van der Waals surface area contributed by atoms with Crippen LogP contribution in [0.4, 0.5) is 11.4 Å². The zero-order valence-electron chi connectivity index (χ0n) is 16.5. The molecular weight excluding hydrogens is 404 g/mol. The molecule has 152 valence electrons. The average molecular weight is 422 g/mol. The molecule has 0 fully saturated rings. The van der Waals surface area contributed by atoms with Gasteiger partial charge in [0.15, 0.2) is 4.96 Å². The number of fused-ring (bicyclic) bond motifs is 1. The lowest BCUT2D eigenvalue weighted by molar-refractivity contribution is -0.384. The van der Waals surface area contributed by atoms with Gasteiger partial charge in [0.25, 0.3) is 11.6 Å². The number of nitrogens with zero attached hydrogens (tertiary/aromatic N) is 3. The summed E-state index contributed by atoms with van der Waals surface area (Å²) in [5.74, 6) is 0.448. The van der Waals surface area contributed by atoms with Gasteiger partial charge in [0.1, 0.15) is 10.6 Å². The topological polar surface area (TPSA) is 98.8 Å². The van der Waals surface area contributed by atoms with Crippen LogP contribution in [-0.2, 0) is 0 Å². The third-order valence-electron chi connectivity index (χ3n) is 4.83. The van der Waals surface area contributed by atoms with Gasteiger partial charge in [-0.2, -0.15) is 0 Å².